The third-order valence-corrected chi connectivity index (χ3v) is 3.47. The van der Waals surface area contributed by atoms with Gasteiger partial charge in [-0.2, -0.15) is 0 Å². The summed E-state index contributed by atoms with van der Waals surface area (Å²) in [5.74, 6) is -0.422. The van der Waals surface area contributed by atoms with E-state index in [1.807, 2.05) is 0 Å². The molecule has 1 rings (SSSR count). The Morgan fingerprint density at radius 1 is 1.44 bits per heavy atom. The molecule has 90 valence electrons. The van der Waals surface area contributed by atoms with Gasteiger partial charge in [0.05, 0.1) is 11.9 Å². The third kappa shape index (κ3) is 2.70. The van der Waals surface area contributed by atoms with Gasteiger partial charge in [-0.05, 0) is 30.7 Å². The Hall–Kier alpha value is -1.14. The lowest BCUT2D eigenvalue weighted by molar-refractivity contribution is 0.597. The molecule has 0 saturated heterocycles. The van der Waals surface area contributed by atoms with E-state index in [2.05, 4.69) is 0 Å². The second-order valence-electron chi connectivity index (χ2n) is 3.40. The van der Waals surface area contributed by atoms with E-state index in [9.17, 15) is 12.8 Å². The molecule has 0 spiro atoms. The smallest absolute Gasteiger partial charge is 0.232 e. The molecule has 16 heavy (non-hydrogen) atoms. The second kappa shape index (κ2) is 4.80. The van der Waals surface area contributed by atoms with Crippen LogP contribution in [0.25, 0.3) is 0 Å². The summed E-state index contributed by atoms with van der Waals surface area (Å²) in [4.78, 5) is 0. The summed E-state index contributed by atoms with van der Waals surface area (Å²) in [5.41, 5.74) is 6.38. The van der Waals surface area contributed by atoms with Crippen molar-refractivity contribution in [2.24, 2.45) is 5.73 Å². The summed E-state index contributed by atoms with van der Waals surface area (Å²) in [6, 6.07) is 3.91. The Bertz CT molecular complexity index is 474. The molecule has 0 aromatic heterocycles. The minimum absolute atomic E-state index is 0.0963. The first kappa shape index (κ1) is 12.9. The minimum Gasteiger partial charge on any atom is -0.326 e. The van der Waals surface area contributed by atoms with Crippen molar-refractivity contribution in [3.05, 3.63) is 29.6 Å². The van der Waals surface area contributed by atoms with Gasteiger partial charge in [-0.15, -0.1) is 0 Å². The molecule has 4 nitrogen and oxygen atoms in total. The summed E-state index contributed by atoms with van der Waals surface area (Å²) in [6.45, 7) is 2.10. The summed E-state index contributed by atoms with van der Waals surface area (Å²) in [6.07, 6.45) is 1.11. The molecule has 0 saturated carbocycles. The van der Waals surface area contributed by atoms with Gasteiger partial charge in [0.15, 0.2) is 0 Å². The zero-order valence-corrected chi connectivity index (χ0v) is 10.1. The van der Waals surface area contributed by atoms with Crippen LogP contribution in [0, 0.1) is 5.82 Å². The highest BCUT2D eigenvalue weighted by Gasteiger charge is 2.18. The molecule has 0 fully saturated rings. The van der Waals surface area contributed by atoms with Gasteiger partial charge in [0.2, 0.25) is 10.0 Å². The number of nitrogens with zero attached hydrogens (tertiary/aromatic N) is 1. The highest BCUT2D eigenvalue weighted by Crippen LogP contribution is 2.23. The first-order chi connectivity index (χ1) is 7.40. The molecule has 0 aliphatic carbocycles. The number of benzene rings is 1. The van der Waals surface area contributed by atoms with Crippen LogP contribution in [0.15, 0.2) is 18.2 Å². The van der Waals surface area contributed by atoms with Gasteiger partial charge in [-0.25, -0.2) is 12.8 Å². The maximum absolute atomic E-state index is 13.0. The number of hydrogen-bond donors (Lipinski definition) is 1. The zero-order chi connectivity index (χ0) is 12.3. The third-order valence-electron chi connectivity index (χ3n) is 2.22. The highest BCUT2D eigenvalue weighted by molar-refractivity contribution is 7.92. The molecule has 0 bridgehead atoms. The number of nitrogens with two attached hydrogens (primary N) is 1. The molecular formula is C10H15FN2O2S. The molecule has 1 aromatic carbocycles. The Morgan fingerprint density at radius 3 is 2.50 bits per heavy atom. The topological polar surface area (TPSA) is 63.4 Å². The Labute approximate surface area is 94.9 Å². The van der Waals surface area contributed by atoms with Gasteiger partial charge in [-0.1, -0.05) is 0 Å². The molecule has 0 atom stereocenters. The van der Waals surface area contributed by atoms with Crippen molar-refractivity contribution in [1.82, 2.24) is 0 Å². The molecule has 1 aromatic rings. The normalized spacial score (nSPS) is 11.5. The van der Waals surface area contributed by atoms with Gasteiger partial charge in [-0.3, -0.25) is 4.31 Å². The average Bonchev–Trinajstić information content (AvgIpc) is 2.19. The monoisotopic (exact) mass is 246 g/mol. The molecule has 0 aliphatic heterocycles. The van der Waals surface area contributed by atoms with Crippen LogP contribution in [-0.4, -0.2) is 21.2 Å². The van der Waals surface area contributed by atoms with E-state index in [4.69, 9.17) is 5.73 Å². The molecule has 2 N–H and O–H groups in total. The van der Waals surface area contributed by atoms with Gasteiger partial charge in [0.1, 0.15) is 5.82 Å². The predicted octanol–water partition coefficient (Wildman–Crippen LogP) is 1.07. The van der Waals surface area contributed by atoms with Gasteiger partial charge < -0.3 is 5.73 Å². The molecule has 0 unspecified atom stereocenters. The number of rotatable bonds is 4. The Kier molecular flexibility index (Phi) is 3.88. The fraction of sp³-hybridized carbons (Fsp3) is 0.400. The fourth-order valence-corrected chi connectivity index (χ4v) is 2.55. The maximum Gasteiger partial charge on any atom is 0.232 e. The lowest BCUT2D eigenvalue weighted by Crippen LogP contribution is -2.30. The number of halogens is 1. The van der Waals surface area contributed by atoms with Crippen LogP contribution in [0.5, 0.6) is 0 Å². The van der Waals surface area contributed by atoms with Crippen molar-refractivity contribution >= 4 is 15.7 Å². The van der Waals surface area contributed by atoms with E-state index < -0.39 is 15.8 Å². The van der Waals surface area contributed by atoms with E-state index in [0.29, 0.717) is 11.3 Å². The van der Waals surface area contributed by atoms with E-state index in [1.165, 1.54) is 22.5 Å². The zero-order valence-electron chi connectivity index (χ0n) is 9.27. The molecule has 0 amide bonds. The van der Waals surface area contributed by atoms with Gasteiger partial charge in [0, 0.05) is 13.1 Å². The number of hydrogen-bond acceptors (Lipinski definition) is 3. The van der Waals surface area contributed by atoms with Crippen LogP contribution in [0.4, 0.5) is 10.1 Å². The van der Waals surface area contributed by atoms with Crippen molar-refractivity contribution in [3.63, 3.8) is 0 Å². The lowest BCUT2D eigenvalue weighted by Gasteiger charge is -2.23. The number of sulfonamides is 1. The summed E-state index contributed by atoms with van der Waals surface area (Å²) in [5, 5.41) is 0. The standard InChI is InChI=1S/C10H15FN2O2S/c1-3-13(16(2,14)15)10-5-4-9(11)6-8(10)7-12/h4-6H,3,7,12H2,1-2H3. The quantitative estimate of drug-likeness (QED) is 0.864. The van der Waals surface area contributed by atoms with Crippen LogP contribution in [-0.2, 0) is 16.6 Å². The van der Waals surface area contributed by atoms with E-state index >= 15 is 0 Å². The van der Waals surface area contributed by atoms with Crippen molar-refractivity contribution in [3.8, 4) is 0 Å². The molecular weight excluding hydrogens is 231 g/mol. The average molecular weight is 246 g/mol. The molecule has 0 aliphatic rings. The molecule has 6 heteroatoms. The summed E-state index contributed by atoms with van der Waals surface area (Å²) >= 11 is 0. The largest absolute Gasteiger partial charge is 0.326 e. The Morgan fingerprint density at radius 2 is 2.06 bits per heavy atom. The van der Waals surface area contributed by atoms with Crippen LogP contribution in [0.3, 0.4) is 0 Å². The predicted molar refractivity (Wildman–Crippen MR) is 62.2 cm³/mol. The van der Waals surface area contributed by atoms with Crippen LogP contribution in [0.2, 0.25) is 0 Å². The van der Waals surface area contributed by atoms with E-state index in [0.717, 1.165) is 6.26 Å². The second-order valence-corrected chi connectivity index (χ2v) is 5.31. The van der Waals surface area contributed by atoms with E-state index in [-0.39, 0.29) is 13.1 Å². The SMILES string of the molecule is CCN(c1ccc(F)cc1CN)S(C)(=O)=O. The molecule has 0 radical (unpaired) electrons. The van der Waals surface area contributed by atoms with Crippen LogP contribution < -0.4 is 10.0 Å². The Balaban J connectivity index is 3.31. The van der Waals surface area contributed by atoms with Gasteiger partial charge >= 0.3 is 0 Å². The maximum atomic E-state index is 13.0. The van der Waals surface area contributed by atoms with Crippen LogP contribution >= 0.6 is 0 Å². The van der Waals surface area contributed by atoms with Gasteiger partial charge in [0.25, 0.3) is 0 Å². The summed E-state index contributed by atoms with van der Waals surface area (Å²) in [7, 11) is -3.36. The number of anilines is 1. The first-order valence-electron chi connectivity index (χ1n) is 4.86. The van der Waals surface area contributed by atoms with Crippen molar-refractivity contribution in [2.45, 2.75) is 13.5 Å². The van der Waals surface area contributed by atoms with Crippen molar-refractivity contribution < 1.29 is 12.8 Å². The fourth-order valence-electron chi connectivity index (χ4n) is 1.54. The first-order valence-corrected chi connectivity index (χ1v) is 6.71. The molecule has 0 heterocycles. The van der Waals surface area contributed by atoms with Crippen LogP contribution in [0.1, 0.15) is 12.5 Å². The lowest BCUT2D eigenvalue weighted by atomic mass is 10.1. The van der Waals surface area contributed by atoms with Crippen molar-refractivity contribution in [1.29, 1.82) is 0 Å². The minimum atomic E-state index is -3.36. The highest BCUT2D eigenvalue weighted by atomic mass is 32.2. The summed E-state index contributed by atoms with van der Waals surface area (Å²) < 4.78 is 37.2. The van der Waals surface area contributed by atoms with E-state index in [1.54, 1.807) is 6.92 Å². The van der Waals surface area contributed by atoms with Crippen molar-refractivity contribution in [2.75, 3.05) is 17.1 Å².